The first-order valence-electron chi connectivity index (χ1n) is 5.73. The molecule has 5 heteroatoms. The third-order valence-corrected chi connectivity index (χ3v) is 3.40. The van der Waals surface area contributed by atoms with Crippen molar-refractivity contribution >= 4 is 23.5 Å². The Morgan fingerprint density at radius 2 is 2.22 bits per heavy atom. The quantitative estimate of drug-likeness (QED) is 0.832. The number of anilines is 1. The second kappa shape index (κ2) is 5.73. The monoisotopic (exact) mass is 261 g/mol. The van der Waals surface area contributed by atoms with Gasteiger partial charge < -0.3 is 5.32 Å². The van der Waals surface area contributed by atoms with Crippen molar-refractivity contribution in [1.82, 2.24) is 10.2 Å². The first-order chi connectivity index (χ1) is 8.74. The van der Waals surface area contributed by atoms with Gasteiger partial charge in [-0.3, -0.25) is 9.89 Å². The van der Waals surface area contributed by atoms with Gasteiger partial charge in [-0.05, 0) is 24.8 Å². The minimum absolute atomic E-state index is 0.130. The standard InChI is InChI=1S/C13H15N3OS/c1-3-9-8-12(16-15-9)14-13(17)10-6-4-5-7-11(10)18-2/h4-8H,3H2,1-2H3,(H2,14,15,16,17). The van der Waals surface area contributed by atoms with Crippen LogP contribution < -0.4 is 5.32 Å². The largest absolute Gasteiger partial charge is 0.305 e. The van der Waals surface area contributed by atoms with E-state index in [0.717, 1.165) is 17.0 Å². The van der Waals surface area contributed by atoms with Gasteiger partial charge in [-0.1, -0.05) is 19.1 Å². The van der Waals surface area contributed by atoms with Gasteiger partial charge in [-0.15, -0.1) is 11.8 Å². The third kappa shape index (κ3) is 2.73. The number of benzene rings is 1. The summed E-state index contributed by atoms with van der Waals surface area (Å²) in [5.41, 5.74) is 1.68. The number of hydrogen-bond donors (Lipinski definition) is 2. The topological polar surface area (TPSA) is 57.8 Å². The van der Waals surface area contributed by atoms with E-state index < -0.39 is 0 Å². The number of nitrogens with one attached hydrogen (secondary N) is 2. The Balaban J connectivity index is 2.16. The number of rotatable bonds is 4. The number of aryl methyl sites for hydroxylation is 1. The average molecular weight is 261 g/mol. The molecule has 0 aliphatic rings. The van der Waals surface area contributed by atoms with Crippen LogP contribution in [0.3, 0.4) is 0 Å². The third-order valence-electron chi connectivity index (χ3n) is 2.61. The van der Waals surface area contributed by atoms with Gasteiger partial charge in [0.05, 0.1) is 5.56 Å². The zero-order valence-corrected chi connectivity index (χ0v) is 11.2. The zero-order valence-electron chi connectivity index (χ0n) is 10.4. The van der Waals surface area contributed by atoms with Crippen LogP contribution in [0, 0.1) is 0 Å². The SMILES string of the molecule is CCc1cc(NC(=O)c2ccccc2SC)n[nH]1. The highest BCUT2D eigenvalue weighted by Crippen LogP contribution is 2.20. The molecule has 18 heavy (non-hydrogen) atoms. The first kappa shape index (κ1) is 12.7. The lowest BCUT2D eigenvalue weighted by Gasteiger charge is -2.06. The van der Waals surface area contributed by atoms with E-state index >= 15 is 0 Å². The van der Waals surface area contributed by atoms with Crippen molar-refractivity contribution in [1.29, 1.82) is 0 Å². The number of aromatic amines is 1. The van der Waals surface area contributed by atoms with E-state index in [1.807, 2.05) is 43.5 Å². The van der Waals surface area contributed by atoms with Gasteiger partial charge in [0.1, 0.15) is 0 Å². The van der Waals surface area contributed by atoms with Gasteiger partial charge in [0.2, 0.25) is 0 Å². The smallest absolute Gasteiger partial charge is 0.257 e. The molecule has 1 aromatic carbocycles. The van der Waals surface area contributed by atoms with Crippen LogP contribution in [0.25, 0.3) is 0 Å². The van der Waals surface area contributed by atoms with Crippen LogP contribution in [0.5, 0.6) is 0 Å². The molecule has 0 aliphatic carbocycles. The normalized spacial score (nSPS) is 10.3. The van der Waals surface area contributed by atoms with Gasteiger partial charge in [-0.2, -0.15) is 5.10 Å². The van der Waals surface area contributed by atoms with E-state index in [1.165, 1.54) is 0 Å². The van der Waals surface area contributed by atoms with Crippen LogP contribution in [-0.2, 0) is 6.42 Å². The lowest BCUT2D eigenvalue weighted by Crippen LogP contribution is -2.13. The molecule has 0 unspecified atom stereocenters. The predicted octanol–water partition coefficient (Wildman–Crippen LogP) is 2.95. The Hall–Kier alpha value is -1.75. The van der Waals surface area contributed by atoms with E-state index in [-0.39, 0.29) is 5.91 Å². The van der Waals surface area contributed by atoms with Gasteiger partial charge >= 0.3 is 0 Å². The number of hydrogen-bond acceptors (Lipinski definition) is 3. The number of thioether (sulfide) groups is 1. The lowest BCUT2D eigenvalue weighted by atomic mass is 10.2. The Labute approximate surface area is 110 Å². The number of aromatic nitrogens is 2. The van der Waals surface area contributed by atoms with Crippen LogP contribution in [0.1, 0.15) is 23.0 Å². The Morgan fingerprint density at radius 3 is 2.89 bits per heavy atom. The minimum atomic E-state index is -0.130. The second-order valence-corrected chi connectivity index (χ2v) is 4.63. The van der Waals surface area contributed by atoms with Gasteiger partial charge in [0.25, 0.3) is 5.91 Å². The number of amides is 1. The summed E-state index contributed by atoms with van der Waals surface area (Å²) < 4.78 is 0. The molecule has 2 rings (SSSR count). The maximum absolute atomic E-state index is 12.1. The molecule has 0 fully saturated rings. The number of H-pyrrole nitrogens is 1. The maximum atomic E-state index is 12.1. The molecule has 4 nitrogen and oxygen atoms in total. The van der Waals surface area contributed by atoms with Crippen molar-refractivity contribution in [2.45, 2.75) is 18.2 Å². The van der Waals surface area contributed by atoms with Crippen LogP contribution in [0.4, 0.5) is 5.82 Å². The molecule has 1 heterocycles. The van der Waals surface area contributed by atoms with Crippen LogP contribution in [-0.4, -0.2) is 22.4 Å². The number of carbonyl (C=O) groups excluding carboxylic acids is 1. The fourth-order valence-corrected chi connectivity index (χ4v) is 2.22. The van der Waals surface area contributed by atoms with Crippen molar-refractivity contribution in [3.8, 4) is 0 Å². The molecular formula is C13H15N3OS. The van der Waals surface area contributed by atoms with E-state index in [9.17, 15) is 4.79 Å². The summed E-state index contributed by atoms with van der Waals surface area (Å²) in [5, 5.41) is 9.71. The van der Waals surface area contributed by atoms with Gasteiger partial charge in [-0.25, -0.2) is 0 Å². The molecule has 0 saturated heterocycles. The summed E-state index contributed by atoms with van der Waals surface area (Å²) in [4.78, 5) is 13.1. The van der Waals surface area contributed by atoms with Crippen molar-refractivity contribution in [2.24, 2.45) is 0 Å². The fraction of sp³-hybridized carbons (Fsp3) is 0.231. The molecule has 0 spiro atoms. The molecule has 2 N–H and O–H groups in total. The molecule has 0 atom stereocenters. The number of carbonyl (C=O) groups is 1. The molecular weight excluding hydrogens is 246 g/mol. The van der Waals surface area contributed by atoms with Crippen molar-refractivity contribution in [3.63, 3.8) is 0 Å². The molecule has 2 aromatic rings. The fourth-order valence-electron chi connectivity index (χ4n) is 1.62. The molecule has 1 amide bonds. The highest BCUT2D eigenvalue weighted by atomic mass is 32.2. The van der Waals surface area contributed by atoms with Crippen molar-refractivity contribution in [3.05, 3.63) is 41.6 Å². The molecule has 94 valence electrons. The summed E-state index contributed by atoms with van der Waals surface area (Å²) in [5.74, 6) is 0.432. The van der Waals surface area contributed by atoms with Crippen LogP contribution in [0.2, 0.25) is 0 Å². The van der Waals surface area contributed by atoms with Gasteiger partial charge in [0.15, 0.2) is 5.82 Å². The first-order valence-corrected chi connectivity index (χ1v) is 6.95. The summed E-state index contributed by atoms with van der Waals surface area (Å²) in [6.45, 7) is 2.03. The Bertz CT molecular complexity index is 551. The zero-order chi connectivity index (χ0) is 13.0. The highest BCUT2D eigenvalue weighted by Gasteiger charge is 2.11. The van der Waals surface area contributed by atoms with E-state index in [4.69, 9.17) is 0 Å². The molecule has 0 aliphatic heterocycles. The lowest BCUT2D eigenvalue weighted by molar-refractivity contribution is 0.102. The Kier molecular flexibility index (Phi) is 4.04. The average Bonchev–Trinajstić information content (AvgIpc) is 2.86. The molecule has 0 radical (unpaired) electrons. The predicted molar refractivity (Wildman–Crippen MR) is 74.1 cm³/mol. The highest BCUT2D eigenvalue weighted by molar-refractivity contribution is 7.98. The minimum Gasteiger partial charge on any atom is -0.305 e. The summed E-state index contributed by atoms with van der Waals surface area (Å²) in [6.07, 6.45) is 2.82. The van der Waals surface area contributed by atoms with E-state index in [0.29, 0.717) is 11.4 Å². The van der Waals surface area contributed by atoms with Crippen LogP contribution in [0.15, 0.2) is 35.2 Å². The van der Waals surface area contributed by atoms with Crippen molar-refractivity contribution in [2.75, 3.05) is 11.6 Å². The second-order valence-electron chi connectivity index (χ2n) is 3.79. The molecule has 0 saturated carbocycles. The Morgan fingerprint density at radius 1 is 1.44 bits per heavy atom. The van der Waals surface area contributed by atoms with E-state index in [1.54, 1.807) is 11.8 Å². The van der Waals surface area contributed by atoms with Crippen molar-refractivity contribution < 1.29 is 4.79 Å². The maximum Gasteiger partial charge on any atom is 0.257 e. The summed E-state index contributed by atoms with van der Waals surface area (Å²) >= 11 is 1.55. The molecule has 1 aromatic heterocycles. The summed E-state index contributed by atoms with van der Waals surface area (Å²) in [7, 11) is 0. The van der Waals surface area contributed by atoms with Crippen LogP contribution >= 0.6 is 11.8 Å². The molecule has 0 bridgehead atoms. The van der Waals surface area contributed by atoms with Gasteiger partial charge in [0, 0.05) is 16.7 Å². The number of nitrogens with zero attached hydrogens (tertiary/aromatic N) is 1. The van der Waals surface area contributed by atoms with E-state index in [2.05, 4.69) is 15.5 Å². The summed E-state index contributed by atoms with van der Waals surface area (Å²) in [6, 6.07) is 9.37.